The van der Waals surface area contributed by atoms with Gasteiger partial charge in [0.1, 0.15) is 0 Å². The zero-order chi connectivity index (χ0) is 12.3. The molecular weight excluding hydrogens is 254 g/mol. The Bertz CT molecular complexity index is 536. The van der Waals surface area contributed by atoms with Gasteiger partial charge in [0, 0.05) is 15.5 Å². The third kappa shape index (κ3) is 3.08. The van der Waals surface area contributed by atoms with Crippen LogP contribution < -0.4 is 5.32 Å². The highest BCUT2D eigenvalue weighted by atomic mass is 35.5. The summed E-state index contributed by atoms with van der Waals surface area (Å²) < 4.78 is 0. The molecule has 1 N–H and O–H groups in total. The van der Waals surface area contributed by atoms with Crippen molar-refractivity contribution in [2.24, 2.45) is 0 Å². The highest BCUT2D eigenvalue weighted by molar-refractivity contribution is 7.10. The first-order valence-electron chi connectivity index (χ1n) is 5.23. The predicted octanol–water partition coefficient (Wildman–Crippen LogP) is 3.64. The Morgan fingerprint density at radius 1 is 1.41 bits per heavy atom. The van der Waals surface area contributed by atoms with Crippen LogP contribution in [0.3, 0.4) is 0 Å². The molecule has 1 amide bonds. The van der Waals surface area contributed by atoms with Gasteiger partial charge in [-0.25, -0.2) is 0 Å². The van der Waals surface area contributed by atoms with Crippen LogP contribution in [0.25, 0.3) is 0 Å². The molecule has 0 aliphatic rings. The third-order valence-corrected chi connectivity index (χ3v) is 3.72. The van der Waals surface area contributed by atoms with Crippen LogP contribution in [0.2, 0.25) is 5.02 Å². The van der Waals surface area contributed by atoms with Gasteiger partial charge in [0.05, 0.1) is 6.54 Å². The van der Waals surface area contributed by atoms with Gasteiger partial charge in [0.2, 0.25) is 0 Å². The minimum atomic E-state index is -0.0969. The smallest absolute Gasteiger partial charge is 0.251 e. The van der Waals surface area contributed by atoms with Gasteiger partial charge in [-0.3, -0.25) is 4.79 Å². The summed E-state index contributed by atoms with van der Waals surface area (Å²) >= 11 is 7.49. The van der Waals surface area contributed by atoms with Crippen molar-refractivity contribution in [3.8, 4) is 0 Å². The standard InChI is InChI=1S/C13H12ClNOS/c1-9-5-6-17-12(9)8-15-13(16)10-3-2-4-11(14)7-10/h2-7H,8H2,1H3,(H,15,16). The van der Waals surface area contributed by atoms with Gasteiger partial charge in [0.15, 0.2) is 0 Å². The maximum Gasteiger partial charge on any atom is 0.251 e. The predicted molar refractivity (Wildman–Crippen MR) is 71.7 cm³/mol. The fraction of sp³-hybridized carbons (Fsp3) is 0.154. The molecule has 0 aliphatic carbocycles. The minimum Gasteiger partial charge on any atom is -0.347 e. The summed E-state index contributed by atoms with van der Waals surface area (Å²) in [6.45, 7) is 2.60. The maximum absolute atomic E-state index is 11.8. The second-order valence-electron chi connectivity index (χ2n) is 3.72. The molecule has 0 spiro atoms. The van der Waals surface area contributed by atoms with Crippen LogP contribution in [-0.2, 0) is 6.54 Å². The van der Waals surface area contributed by atoms with Crippen LogP contribution in [0.4, 0.5) is 0 Å². The van der Waals surface area contributed by atoms with Crippen LogP contribution in [0, 0.1) is 6.92 Å². The van der Waals surface area contributed by atoms with Crippen molar-refractivity contribution in [2.75, 3.05) is 0 Å². The minimum absolute atomic E-state index is 0.0969. The van der Waals surface area contributed by atoms with Gasteiger partial charge in [0.25, 0.3) is 5.91 Å². The molecule has 0 saturated heterocycles. The Balaban J connectivity index is 2.01. The second-order valence-corrected chi connectivity index (χ2v) is 5.16. The normalized spacial score (nSPS) is 10.2. The third-order valence-electron chi connectivity index (χ3n) is 2.46. The molecule has 17 heavy (non-hydrogen) atoms. The summed E-state index contributed by atoms with van der Waals surface area (Å²) in [6.07, 6.45) is 0. The molecule has 0 aliphatic heterocycles. The number of rotatable bonds is 3. The molecule has 2 nitrogen and oxygen atoms in total. The number of amides is 1. The maximum atomic E-state index is 11.8. The summed E-state index contributed by atoms with van der Waals surface area (Å²) in [5.41, 5.74) is 1.80. The number of halogens is 1. The van der Waals surface area contributed by atoms with Crippen LogP contribution in [0.5, 0.6) is 0 Å². The Kier molecular flexibility index (Phi) is 3.82. The van der Waals surface area contributed by atoms with E-state index in [-0.39, 0.29) is 5.91 Å². The number of hydrogen-bond donors (Lipinski definition) is 1. The van der Waals surface area contributed by atoms with E-state index in [0.29, 0.717) is 17.1 Å². The fourth-order valence-corrected chi connectivity index (χ4v) is 2.51. The Morgan fingerprint density at radius 2 is 2.24 bits per heavy atom. The first kappa shape index (κ1) is 12.1. The molecule has 4 heteroatoms. The molecule has 0 saturated carbocycles. The Hall–Kier alpha value is -1.32. The number of carbonyl (C=O) groups is 1. The highest BCUT2D eigenvalue weighted by Crippen LogP contribution is 2.15. The van der Waals surface area contributed by atoms with E-state index in [2.05, 4.69) is 5.32 Å². The van der Waals surface area contributed by atoms with E-state index in [1.807, 2.05) is 18.4 Å². The van der Waals surface area contributed by atoms with Crippen molar-refractivity contribution in [3.05, 3.63) is 56.7 Å². The first-order valence-corrected chi connectivity index (χ1v) is 6.49. The Labute approximate surface area is 109 Å². The quantitative estimate of drug-likeness (QED) is 0.902. The van der Waals surface area contributed by atoms with Gasteiger partial charge in [-0.05, 0) is 42.1 Å². The number of nitrogens with one attached hydrogen (secondary N) is 1. The monoisotopic (exact) mass is 265 g/mol. The summed E-state index contributed by atoms with van der Waals surface area (Å²) in [5.74, 6) is -0.0969. The topological polar surface area (TPSA) is 29.1 Å². The molecular formula is C13H12ClNOS. The zero-order valence-electron chi connectivity index (χ0n) is 9.37. The summed E-state index contributed by atoms with van der Waals surface area (Å²) in [4.78, 5) is 13.0. The van der Waals surface area contributed by atoms with Crippen molar-refractivity contribution in [2.45, 2.75) is 13.5 Å². The summed E-state index contributed by atoms with van der Waals surface area (Å²) in [5, 5.41) is 5.48. The first-order chi connectivity index (χ1) is 8.16. The van der Waals surface area contributed by atoms with Crippen molar-refractivity contribution in [3.63, 3.8) is 0 Å². The van der Waals surface area contributed by atoms with Crippen LogP contribution in [0.15, 0.2) is 35.7 Å². The van der Waals surface area contributed by atoms with Crippen molar-refractivity contribution < 1.29 is 4.79 Å². The molecule has 1 aromatic heterocycles. The van der Waals surface area contributed by atoms with E-state index in [9.17, 15) is 4.79 Å². The van der Waals surface area contributed by atoms with Crippen molar-refractivity contribution in [1.82, 2.24) is 5.32 Å². The molecule has 0 fully saturated rings. The SMILES string of the molecule is Cc1ccsc1CNC(=O)c1cccc(Cl)c1. The summed E-state index contributed by atoms with van der Waals surface area (Å²) in [7, 11) is 0. The molecule has 2 rings (SSSR count). The lowest BCUT2D eigenvalue weighted by Gasteiger charge is -2.05. The van der Waals surface area contributed by atoms with E-state index >= 15 is 0 Å². The van der Waals surface area contributed by atoms with Crippen molar-refractivity contribution in [1.29, 1.82) is 0 Å². The number of carbonyl (C=O) groups excluding carboxylic acids is 1. The molecule has 0 bridgehead atoms. The van der Waals surface area contributed by atoms with Gasteiger partial charge < -0.3 is 5.32 Å². The van der Waals surface area contributed by atoms with Crippen LogP contribution in [0.1, 0.15) is 20.8 Å². The second kappa shape index (κ2) is 5.34. The number of benzene rings is 1. The van der Waals surface area contributed by atoms with E-state index in [1.54, 1.807) is 35.6 Å². The molecule has 0 radical (unpaired) electrons. The lowest BCUT2D eigenvalue weighted by Crippen LogP contribution is -2.22. The molecule has 0 atom stereocenters. The molecule has 0 unspecified atom stereocenters. The van der Waals surface area contributed by atoms with Crippen molar-refractivity contribution >= 4 is 28.8 Å². The zero-order valence-corrected chi connectivity index (χ0v) is 10.9. The lowest BCUT2D eigenvalue weighted by molar-refractivity contribution is 0.0951. The number of hydrogen-bond acceptors (Lipinski definition) is 2. The molecule has 88 valence electrons. The lowest BCUT2D eigenvalue weighted by atomic mass is 10.2. The molecule has 1 aromatic carbocycles. The van der Waals surface area contributed by atoms with E-state index in [1.165, 1.54) is 10.4 Å². The summed E-state index contributed by atoms with van der Waals surface area (Å²) in [6, 6.07) is 8.99. The molecule has 1 heterocycles. The van der Waals surface area contributed by atoms with E-state index in [0.717, 1.165) is 0 Å². The van der Waals surface area contributed by atoms with Gasteiger partial charge in [-0.15, -0.1) is 11.3 Å². The number of thiophene rings is 1. The average molecular weight is 266 g/mol. The van der Waals surface area contributed by atoms with Gasteiger partial charge in [-0.1, -0.05) is 17.7 Å². The Morgan fingerprint density at radius 3 is 2.88 bits per heavy atom. The van der Waals surface area contributed by atoms with Crippen LogP contribution in [-0.4, -0.2) is 5.91 Å². The number of aryl methyl sites for hydroxylation is 1. The van der Waals surface area contributed by atoms with E-state index < -0.39 is 0 Å². The fourth-order valence-electron chi connectivity index (χ4n) is 1.48. The van der Waals surface area contributed by atoms with Gasteiger partial charge >= 0.3 is 0 Å². The van der Waals surface area contributed by atoms with E-state index in [4.69, 9.17) is 11.6 Å². The largest absolute Gasteiger partial charge is 0.347 e. The average Bonchev–Trinajstić information content (AvgIpc) is 2.72. The van der Waals surface area contributed by atoms with Crippen LogP contribution >= 0.6 is 22.9 Å². The highest BCUT2D eigenvalue weighted by Gasteiger charge is 2.06. The molecule has 2 aromatic rings. The van der Waals surface area contributed by atoms with Gasteiger partial charge in [-0.2, -0.15) is 0 Å².